The summed E-state index contributed by atoms with van der Waals surface area (Å²) < 4.78 is 42.7. The van der Waals surface area contributed by atoms with Crippen molar-refractivity contribution < 1.29 is 18.0 Å². The molecule has 0 aliphatic carbocycles. The number of thiazole rings is 1. The Morgan fingerprint density at radius 1 is 1.21 bits per heavy atom. The second-order valence-electron chi connectivity index (χ2n) is 7.89. The Bertz CT molecular complexity index is 1190. The molecule has 1 saturated heterocycles. The SMILES string of the molecule is Cc1nc(C(=O)[C@@H](Nc2c(F)cc(C#N)cc2F)C2CCCCN2)c(-c2ccc(F)cc2)s1. The van der Waals surface area contributed by atoms with Gasteiger partial charge in [-0.25, -0.2) is 18.2 Å². The molecule has 1 aromatic heterocycles. The fraction of sp³-hybridized carbons (Fsp3) is 0.292. The van der Waals surface area contributed by atoms with E-state index in [1.807, 2.05) is 0 Å². The van der Waals surface area contributed by atoms with Gasteiger partial charge in [0.2, 0.25) is 5.78 Å². The summed E-state index contributed by atoms with van der Waals surface area (Å²) in [5.74, 6) is -2.71. The predicted octanol–water partition coefficient (Wildman–Crippen LogP) is 5.21. The zero-order valence-corrected chi connectivity index (χ0v) is 18.6. The first-order valence-electron chi connectivity index (χ1n) is 10.5. The number of nitrogens with zero attached hydrogens (tertiary/aromatic N) is 2. The molecule has 0 saturated carbocycles. The predicted molar refractivity (Wildman–Crippen MR) is 121 cm³/mol. The van der Waals surface area contributed by atoms with Crippen LogP contribution < -0.4 is 10.6 Å². The molecule has 2 aromatic carbocycles. The minimum atomic E-state index is -0.997. The van der Waals surface area contributed by atoms with Gasteiger partial charge in [0.25, 0.3) is 0 Å². The van der Waals surface area contributed by atoms with Crippen molar-refractivity contribution in [2.45, 2.75) is 38.3 Å². The topological polar surface area (TPSA) is 77.8 Å². The maximum Gasteiger partial charge on any atom is 0.206 e. The van der Waals surface area contributed by atoms with Gasteiger partial charge in [0, 0.05) is 6.04 Å². The molecule has 1 fully saturated rings. The highest BCUT2D eigenvalue weighted by Crippen LogP contribution is 2.33. The molecule has 0 spiro atoms. The maximum absolute atomic E-state index is 14.6. The van der Waals surface area contributed by atoms with Gasteiger partial charge in [-0.1, -0.05) is 18.6 Å². The molecule has 170 valence electrons. The Kier molecular flexibility index (Phi) is 6.77. The summed E-state index contributed by atoms with van der Waals surface area (Å²) in [4.78, 5) is 18.7. The first-order chi connectivity index (χ1) is 15.9. The number of rotatable bonds is 6. The molecule has 0 bridgehead atoms. The van der Waals surface area contributed by atoms with Crippen molar-refractivity contribution in [1.82, 2.24) is 10.3 Å². The van der Waals surface area contributed by atoms with Crippen LogP contribution in [0.4, 0.5) is 18.9 Å². The largest absolute Gasteiger partial charge is 0.369 e. The molecule has 2 atom stereocenters. The van der Waals surface area contributed by atoms with Crippen LogP contribution in [-0.4, -0.2) is 29.4 Å². The third kappa shape index (κ3) is 4.92. The highest BCUT2D eigenvalue weighted by atomic mass is 32.1. The van der Waals surface area contributed by atoms with Crippen LogP contribution in [0.5, 0.6) is 0 Å². The molecular formula is C24H21F3N4OS. The second kappa shape index (κ2) is 9.73. The lowest BCUT2D eigenvalue weighted by Crippen LogP contribution is -2.51. The first-order valence-corrected chi connectivity index (χ1v) is 11.4. The van der Waals surface area contributed by atoms with Gasteiger partial charge in [-0.2, -0.15) is 5.26 Å². The highest BCUT2D eigenvalue weighted by molar-refractivity contribution is 7.15. The Morgan fingerprint density at radius 2 is 1.91 bits per heavy atom. The van der Waals surface area contributed by atoms with E-state index in [0.29, 0.717) is 28.4 Å². The van der Waals surface area contributed by atoms with Gasteiger partial charge in [0.05, 0.1) is 21.5 Å². The smallest absolute Gasteiger partial charge is 0.206 e. The third-order valence-electron chi connectivity index (χ3n) is 5.58. The van der Waals surface area contributed by atoms with E-state index in [1.54, 1.807) is 25.1 Å². The number of nitriles is 1. The van der Waals surface area contributed by atoms with E-state index in [0.717, 1.165) is 25.0 Å². The molecule has 3 aromatic rings. The second-order valence-corrected chi connectivity index (χ2v) is 9.09. The molecule has 0 amide bonds. The zero-order valence-electron chi connectivity index (χ0n) is 17.8. The van der Waals surface area contributed by atoms with Crippen molar-refractivity contribution >= 4 is 22.8 Å². The molecular weight excluding hydrogens is 449 g/mol. The molecule has 4 rings (SSSR count). The van der Waals surface area contributed by atoms with Gasteiger partial charge in [-0.05, 0) is 56.1 Å². The standard InChI is InChI=1S/C24H21F3N4OS/c1-13-30-22(24(33-13)15-5-7-16(25)8-6-15)23(32)21(19-4-2-3-9-29-19)31-20-17(26)10-14(12-28)11-18(20)27/h5-8,10-11,19,21,29,31H,2-4,9H2,1H3/t19?,21-/m0/s1. The van der Waals surface area contributed by atoms with Crippen molar-refractivity contribution in [2.75, 3.05) is 11.9 Å². The van der Waals surface area contributed by atoms with Gasteiger partial charge in [0.15, 0.2) is 11.6 Å². The van der Waals surface area contributed by atoms with E-state index >= 15 is 0 Å². The lowest BCUT2D eigenvalue weighted by Gasteiger charge is -2.31. The number of anilines is 1. The number of halogens is 3. The molecule has 1 aliphatic rings. The number of ketones is 1. The molecule has 1 aliphatic heterocycles. The zero-order chi connectivity index (χ0) is 23.5. The fourth-order valence-corrected chi connectivity index (χ4v) is 4.91. The van der Waals surface area contributed by atoms with E-state index in [2.05, 4.69) is 15.6 Å². The average Bonchev–Trinajstić information content (AvgIpc) is 3.21. The van der Waals surface area contributed by atoms with Crippen LogP contribution in [0.25, 0.3) is 10.4 Å². The Labute approximate surface area is 193 Å². The van der Waals surface area contributed by atoms with E-state index in [-0.39, 0.29) is 17.3 Å². The van der Waals surface area contributed by atoms with E-state index in [1.165, 1.54) is 23.5 Å². The van der Waals surface area contributed by atoms with Crippen LogP contribution in [-0.2, 0) is 0 Å². The summed E-state index contributed by atoms with van der Waals surface area (Å²) in [6.45, 7) is 2.44. The van der Waals surface area contributed by atoms with Crippen LogP contribution in [0.2, 0.25) is 0 Å². The number of hydrogen-bond acceptors (Lipinski definition) is 6. The summed E-state index contributed by atoms with van der Waals surface area (Å²) in [7, 11) is 0. The van der Waals surface area contributed by atoms with Gasteiger partial charge >= 0.3 is 0 Å². The number of nitrogens with one attached hydrogen (secondary N) is 2. The van der Waals surface area contributed by atoms with Crippen LogP contribution in [0, 0.1) is 35.7 Å². The number of hydrogen-bond donors (Lipinski definition) is 2. The van der Waals surface area contributed by atoms with Crippen LogP contribution >= 0.6 is 11.3 Å². The van der Waals surface area contributed by atoms with Crippen LogP contribution in [0.15, 0.2) is 36.4 Å². The van der Waals surface area contributed by atoms with Gasteiger partial charge < -0.3 is 10.6 Å². The molecule has 2 heterocycles. The summed E-state index contributed by atoms with van der Waals surface area (Å²) in [5, 5.41) is 15.6. The number of aryl methyl sites for hydroxylation is 1. The Morgan fingerprint density at radius 3 is 2.52 bits per heavy atom. The molecule has 2 N–H and O–H groups in total. The van der Waals surface area contributed by atoms with Gasteiger partial charge in [-0.3, -0.25) is 4.79 Å². The lowest BCUT2D eigenvalue weighted by atomic mass is 9.92. The summed E-state index contributed by atoms with van der Waals surface area (Å²) in [6, 6.07) is 7.95. The number of carbonyl (C=O) groups excluding carboxylic acids is 1. The number of piperidine rings is 1. The molecule has 9 heteroatoms. The number of carbonyl (C=O) groups is 1. The normalized spacial score (nSPS) is 16.8. The minimum Gasteiger partial charge on any atom is -0.369 e. The average molecular weight is 471 g/mol. The molecule has 33 heavy (non-hydrogen) atoms. The number of aromatic nitrogens is 1. The molecule has 0 radical (unpaired) electrons. The fourth-order valence-electron chi connectivity index (χ4n) is 3.98. The minimum absolute atomic E-state index is 0.150. The third-order valence-corrected chi connectivity index (χ3v) is 6.60. The van der Waals surface area contributed by atoms with Crippen molar-refractivity contribution in [3.8, 4) is 16.5 Å². The van der Waals surface area contributed by atoms with E-state index in [9.17, 15) is 18.0 Å². The maximum atomic E-state index is 14.6. The quantitative estimate of drug-likeness (QED) is 0.484. The van der Waals surface area contributed by atoms with Crippen molar-refractivity contribution in [3.63, 3.8) is 0 Å². The Balaban J connectivity index is 1.74. The number of benzene rings is 2. The molecule has 5 nitrogen and oxygen atoms in total. The van der Waals surface area contributed by atoms with Crippen molar-refractivity contribution in [3.05, 3.63) is 70.1 Å². The summed E-state index contributed by atoms with van der Waals surface area (Å²) in [6.07, 6.45) is 2.44. The Hall–Kier alpha value is -3.22. The molecule has 1 unspecified atom stereocenters. The lowest BCUT2D eigenvalue weighted by molar-refractivity contribution is 0.0942. The monoisotopic (exact) mass is 470 g/mol. The van der Waals surface area contributed by atoms with E-state index < -0.39 is 35.0 Å². The summed E-state index contributed by atoms with van der Waals surface area (Å²) >= 11 is 1.30. The summed E-state index contributed by atoms with van der Waals surface area (Å²) in [5.41, 5.74) is 0.192. The van der Waals surface area contributed by atoms with E-state index in [4.69, 9.17) is 5.26 Å². The highest BCUT2D eigenvalue weighted by Gasteiger charge is 2.34. The van der Waals surface area contributed by atoms with Crippen molar-refractivity contribution in [2.24, 2.45) is 0 Å². The number of Topliss-reactive ketones (excluding diaryl/α,β-unsaturated/α-hetero) is 1. The first kappa shape index (κ1) is 23.0. The van der Waals surface area contributed by atoms with Crippen LogP contribution in [0.3, 0.4) is 0 Å². The van der Waals surface area contributed by atoms with Crippen molar-refractivity contribution in [1.29, 1.82) is 5.26 Å². The van der Waals surface area contributed by atoms with Crippen LogP contribution in [0.1, 0.15) is 40.3 Å². The van der Waals surface area contributed by atoms with Gasteiger partial charge in [-0.15, -0.1) is 11.3 Å². The van der Waals surface area contributed by atoms with Gasteiger partial charge in [0.1, 0.15) is 23.2 Å².